The smallest absolute Gasteiger partial charge is 0.317 e. The van der Waals surface area contributed by atoms with Crippen LogP contribution >= 0.6 is 0 Å². The Morgan fingerprint density at radius 2 is 1.92 bits per heavy atom. The molecule has 6 nitrogen and oxygen atoms in total. The quantitative estimate of drug-likeness (QED) is 0.894. The zero-order valence-corrected chi connectivity index (χ0v) is 15.8. The minimum atomic E-state index is -0.0460. The van der Waals surface area contributed by atoms with Gasteiger partial charge in [0.2, 0.25) is 0 Å². The van der Waals surface area contributed by atoms with Gasteiger partial charge in [-0.25, -0.2) is 4.79 Å². The van der Waals surface area contributed by atoms with Crippen LogP contribution in [0, 0.1) is 13.8 Å². The third-order valence-electron chi connectivity index (χ3n) is 4.75. The average Bonchev–Trinajstić information content (AvgIpc) is 3.08. The largest absolute Gasteiger partial charge is 0.491 e. The van der Waals surface area contributed by atoms with E-state index in [2.05, 4.69) is 16.6 Å². The molecule has 0 saturated carbocycles. The summed E-state index contributed by atoms with van der Waals surface area (Å²) in [5, 5.41) is 7.43. The van der Waals surface area contributed by atoms with Crippen LogP contribution in [0.1, 0.15) is 36.9 Å². The number of nitrogens with zero attached hydrogens (tertiary/aromatic N) is 3. The Morgan fingerprint density at radius 3 is 2.54 bits per heavy atom. The molecule has 1 saturated heterocycles. The summed E-state index contributed by atoms with van der Waals surface area (Å²) < 4.78 is 7.77. The first kappa shape index (κ1) is 18.3. The Hall–Kier alpha value is -2.50. The lowest BCUT2D eigenvalue weighted by molar-refractivity contribution is 0.161. The predicted molar refractivity (Wildman–Crippen MR) is 101 cm³/mol. The van der Waals surface area contributed by atoms with Crippen molar-refractivity contribution in [2.24, 2.45) is 0 Å². The normalized spacial score (nSPS) is 16.3. The number of piperidine rings is 1. The first-order valence-corrected chi connectivity index (χ1v) is 9.27. The molecule has 26 heavy (non-hydrogen) atoms. The van der Waals surface area contributed by atoms with Gasteiger partial charge in [0.1, 0.15) is 12.4 Å². The van der Waals surface area contributed by atoms with Crippen molar-refractivity contribution in [1.29, 1.82) is 0 Å². The molecular weight excluding hydrogens is 328 g/mol. The standard InChI is InChI=1S/C20H28N4O2/c1-15-4-6-19(7-5-15)26-14-17(3)22-20(25)23-10-8-18(9-11-23)24-13-16(2)12-21-24/h4-7,12-13,17-18H,8-11,14H2,1-3H3,(H,22,25). The van der Waals surface area contributed by atoms with Crippen LogP contribution in [0.3, 0.4) is 0 Å². The van der Waals surface area contributed by atoms with E-state index in [1.54, 1.807) is 0 Å². The van der Waals surface area contributed by atoms with Crippen molar-refractivity contribution in [1.82, 2.24) is 20.0 Å². The summed E-state index contributed by atoms with van der Waals surface area (Å²) in [6.45, 7) is 8.01. The fourth-order valence-corrected chi connectivity index (χ4v) is 3.17. The van der Waals surface area contributed by atoms with E-state index in [1.807, 2.05) is 60.8 Å². The second-order valence-electron chi connectivity index (χ2n) is 7.19. The second kappa shape index (κ2) is 8.25. The number of rotatable bonds is 5. The molecule has 3 rings (SSSR count). The number of carbonyl (C=O) groups is 1. The summed E-state index contributed by atoms with van der Waals surface area (Å²) in [6, 6.07) is 8.26. The summed E-state index contributed by atoms with van der Waals surface area (Å²) in [7, 11) is 0. The second-order valence-corrected chi connectivity index (χ2v) is 7.19. The number of nitrogens with one attached hydrogen (secondary N) is 1. The first-order chi connectivity index (χ1) is 12.5. The molecule has 1 N–H and O–H groups in total. The van der Waals surface area contributed by atoms with Crippen LogP contribution in [0.15, 0.2) is 36.7 Å². The van der Waals surface area contributed by atoms with E-state index in [9.17, 15) is 4.79 Å². The molecule has 1 unspecified atom stereocenters. The highest BCUT2D eigenvalue weighted by molar-refractivity contribution is 5.74. The van der Waals surface area contributed by atoms with Gasteiger partial charge < -0.3 is 15.0 Å². The van der Waals surface area contributed by atoms with Gasteiger partial charge in [0, 0.05) is 19.3 Å². The van der Waals surface area contributed by atoms with E-state index in [0.717, 1.165) is 31.7 Å². The average molecular weight is 356 g/mol. The maximum atomic E-state index is 12.4. The van der Waals surface area contributed by atoms with Gasteiger partial charge in [-0.15, -0.1) is 0 Å². The van der Waals surface area contributed by atoms with Gasteiger partial charge in [0.05, 0.1) is 18.3 Å². The zero-order valence-electron chi connectivity index (χ0n) is 15.8. The Balaban J connectivity index is 1.41. The van der Waals surface area contributed by atoms with Crippen LogP contribution in [0.2, 0.25) is 0 Å². The predicted octanol–water partition coefficient (Wildman–Crippen LogP) is 3.31. The summed E-state index contributed by atoms with van der Waals surface area (Å²) in [6.07, 6.45) is 5.82. The van der Waals surface area contributed by atoms with Crippen LogP contribution in [-0.2, 0) is 0 Å². The maximum Gasteiger partial charge on any atom is 0.317 e. The van der Waals surface area contributed by atoms with Gasteiger partial charge in [-0.05, 0) is 51.3 Å². The van der Waals surface area contributed by atoms with E-state index in [4.69, 9.17) is 4.74 Å². The van der Waals surface area contributed by atoms with E-state index >= 15 is 0 Å². The van der Waals surface area contributed by atoms with Crippen LogP contribution in [0.5, 0.6) is 5.75 Å². The summed E-state index contributed by atoms with van der Waals surface area (Å²) in [5.74, 6) is 0.826. The lowest BCUT2D eigenvalue weighted by Gasteiger charge is -2.33. The molecule has 0 radical (unpaired) electrons. The van der Waals surface area contributed by atoms with Crippen molar-refractivity contribution in [3.05, 3.63) is 47.8 Å². The molecule has 1 aromatic heterocycles. The van der Waals surface area contributed by atoms with E-state index < -0.39 is 0 Å². The Bertz CT molecular complexity index is 718. The lowest BCUT2D eigenvalue weighted by Crippen LogP contribution is -2.48. The molecule has 140 valence electrons. The molecule has 6 heteroatoms. The van der Waals surface area contributed by atoms with Crippen molar-refractivity contribution in [2.45, 2.75) is 45.7 Å². The molecule has 0 bridgehead atoms. The van der Waals surface area contributed by atoms with E-state index in [-0.39, 0.29) is 12.1 Å². The molecule has 0 aliphatic carbocycles. The molecule has 1 fully saturated rings. The van der Waals surface area contributed by atoms with Gasteiger partial charge in [0.25, 0.3) is 0 Å². The third kappa shape index (κ3) is 4.77. The number of benzene rings is 1. The zero-order chi connectivity index (χ0) is 18.5. The van der Waals surface area contributed by atoms with Crippen LogP contribution in [0.25, 0.3) is 0 Å². The number of likely N-dealkylation sites (tertiary alicyclic amines) is 1. The number of hydrogen-bond acceptors (Lipinski definition) is 3. The van der Waals surface area contributed by atoms with Crippen molar-refractivity contribution < 1.29 is 9.53 Å². The molecule has 1 atom stereocenters. The van der Waals surface area contributed by atoms with E-state index in [0.29, 0.717) is 12.6 Å². The highest BCUT2D eigenvalue weighted by Gasteiger charge is 2.24. The highest BCUT2D eigenvalue weighted by Crippen LogP contribution is 2.22. The van der Waals surface area contributed by atoms with Crippen molar-refractivity contribution in [3.8, 4) is 5.75 Å². The number of hydrogen-bond donors (Lipinski definition) is 1. The van der Waals surface area contributed by atoms with E-state index in [1.165, 1.54) is 11.1 Å². The molecule has 1 aliphatic rings. The fraction of sp³-hybridized carbons (Fsp3) is 0.500. The van der Waals surface area contributed by atoms with Crippen LogP contribution in [-0.4, -0.2) is 46.4 Å². The number of amides is 2. The Kier molecular flexibility index (Phi) is 5.81. The molecule has 1 aliphatic heterocycles. The fourth-order valence-electron chi connectivity index (χ4n) is 3.17. The monoisotopic (exact) mass is 356 g/mol. The molecular formula is C20H28N4O2. The number of carbonyl (C=O) groups excluding carboxylic acids is 1. The number of aromatic nitrogens is 2. The number of urea groups is 1. The van der Waals surface area contributed by atoms with Gasteiger partial charge >= 0.3 is 6.03 Å². The Labute approximate surface area is 155 Å². The summed E-state index contributed by atoms with van der Waals surface area (Å²) >= 11 is 0. The minimum Gasteiger partial charge on any atom is -0.491 e. The van der Waals surface area contributed by atoms with Crippen LogP contribution < -0.4 is 10.1 Å². The molecule has 2 heterocycles. The topological polar surface area (TPSA) is 59.4 Å². The summed E-state index contributed by atoms with van der Waals surface area (Å²) in [4.78, 5) is 14.3. The number of aryl methyl sites for hydroxylation is 2. The molecule has 0 spiro atoms. The first-order valence-electron chi connectivity index (χ1n) is 9.27. The summed E-state index contributed by atoms with van der Waals surface area (Å²) in [5.41, 5.74) is 2.37. The lowest BCUT2D eigenvalue weighted by atomic mass is 10.1. The molecule has 2 aromatic rings. The van der Waals surface area contributed by atoms with Gasteiger partial charge in [-0.1, -0.05) is 17.7 Å². The SMILES string of the molecule is Cc1ccc(OCC(C)NC(=O)N2CCC(n3cc(C)cn3)CC2)cc1. The van der Waals surface area contributed by atoms with Crippen molar-refractivity contribution in [2.75, 3.05) is 19.7 Å². The van der Waals surface area contributed by atoms with Gasteiger partial charge in [-0.2, -0.15) is 5.10 Å². The van der Waals surface area contributed by atoms with Crippen molar-refractivity contribution >= 4 is 6.03 Å². The highest BCUT2D eigenvalue weighted by atomic mass is 16.5. The van der Waals surface area contributed by atoms with Gasteiger partial charge in [0.15, 0.2) is 0 Å². The molecule has 1 aromatic carbocycles. The minimum absolute atomic E-state index is 0.0138. The maximum absolute atomic E-state index is 12.4. The number of ether oxygens (including phenoxy) is 1. The Morgan fingerprint density at radius 1 is 1.23 bits per heavy atom. The molecule has 2 amide bonds. The van der Waals surface area contributed by atoms with Crippen LogP contribution in [0.4, 0.5) is 4.79 Å². The third-order valence-corrected chi connectivity index (χ3v) is 4.75. The van der Waals surface area contributed by atoms with Crippen molar-refractivity contribution in [3.63, 3.8) is 0 Å². The van der Waals surface area contributed by atoms with Gasteiger partial charge in [-0.3, -0.25) is 4.68 Å².